The van der Waals surface area contributed by atoms with Crippen LogP contribution in [0, 0.1) is 12.8 Å². The average Bonchev–Trinajstić information content (AvgIpc) is 2.68. The van der Waals surface area contributed by atoms with Crippen LogP contribution in [-0.4, -0.2) is 22.8 Å². The molecular formula is C14H18N2O. The van der Waals surface area contributed by atoms with Gasteiger partial charge in [-0.1, -0.05) is 12.1 Å². The molecule has 17 heavy (non-hydrogen) atoms. The van der Waals surface area contributed by atoms with Crippen molar-refractivity contribution in [2.45, 2.75) is 26.3 Å². The van der Waals surface area contributed by atoms with Crippen LogP contribution in [0.3, 0.4) is 0 Å². The molecule has 0 N–H and O–H groups in total. The minimum atomic E-state index is 0.736. The maximum atomic E-state index is 5.41. The van der Waals surface area contributed by atoms with Gasteiger partial charge < -0.3 is 9.30 Å². The first kappa shape index (κ1) is 10.8. The standard InChI is InChI=1S/C14H18N2O/c1-11-15-13-4-2-3-5-14(13)16(11)10-12-6-8-17-9-7-12/h2-5,12H,6-10H2,1H3. The van der Waals surface area contributed by atoms with Crippen LogP contribution in [0.1, 0.15) is 18.7 Å². The predicted octanol–water partition coefficient (Wildman–Crippen LogP) is 2.77. The van der Waals surface area contributed by atoms with Crippen LogP contribution < -0.4 is 0 Å². The first-order valence-corrected chi connectivity index (χ1v) is 6.34. The highest BCUT2D eigenvalue weighted by atomic mass is 16.5. The number of imidazole rings is 1. The second-order valence-electron chi connectivity index (χ2n) is 4.81. The quantitative estimate of drug-likeness (QED) is 0.793. The molecule has 90 valence electrons. The summed E-state index contributed by atoms with van der Waals surface area (Å²) in [5.74, 6) is 1.86. The van der Waals surface area contributed by atoms with Crippen molar-refractivity contribution in [2.75, 3.05) is 13.2 Å². The smallest absolute Gasteiger partial charge is 0.106 e. The summed E-state index contributed by atoms with van der Waals surface area (Å²) in [5.41, 5.74) is 2.37. The summed E-state index contributed by atoms with van der Waals surface area (Å²) < 4.78 is 7.76. The first-order chi connectivity index (χ1) is 8.34. The molecule has 0 unspecified atom stereocenters. The summed E-state index contributed by atoms with van der Waals surface area (Å²) in [6.07, 6.45) is 2.35. The third-order valence-electron chi connectivity index (χ3n) is 3.63. The predicted molar refractivity (Wildman–Crippen MR) is 68.0 cm³/mol. The molecule has 0 bridgehead atoms. The van der Waals surface area contributed by atoms with E-state index in [9.17, 15) is 0 Å². The highest BCUT2D eigenvalue weighted by Crippen LogP contribution is 2.22. The van der Waals surface area contributed by atoms with Gasteiger partial charge in [-0.05, 0) is 37.8 Å². The van der Waals surface area contributed by atoms with Crippen molar-refractivity contribution in [3.63, 3.8) is 0 Å². The second-order valence-corrected chi connectivity index (χ2v) is 4.81. The maximum absolute atomic E-state index is 5.41. The van der Waals surface area contributed by atoms with E-state index in [1.807, 2.05) is 6.07 Å². The van der Waals surface area contributed by atoms with Crippen LogP contribution in [0.5, 0.6) is 0 Å². The van der Waals surface area contributed by atoms with Crippen LogP contribution in [0.4, 0.5) is 0 Å². The largest absolute Gasteiger partial charge is 0.381 e. The lowest BCUT2D eigenvalue weighted by atomic mass is 10.0. The van der Waals surface area contributed by atoms with Crippen molar-refractivity contribution in [2.24, 2.45) is 5.92 Å². The van der Waals surface area contributed by atoms with Gasteiger partial charge in [-0.2, -0.15) is 0 Å². The molecule has 1 fully saturated rings. The lowest BCUT2D eigenvalue weighted by molar-refractivity contribution is 0.0614. The van der Waals surface area contributed by atoms with Crippen molar-refractivity contribution in [1.29, 1.82) is 0 Å². The monoisotopic (exact) mass is 230 g/mol. The maximum Gasteiger partial charge on any atom is 0.106 e. The van der Waals surface area contributed by atoms with Crippen LogP contribution in [0.25, 0.3) is 11.0 Å². The number of benzene rings is 1. The Kier molecular flexibility index (Phi) is 2.85. The number of aryl methyl sites for hydroxylation is 1. The molecule has 0 saturated carbocycles. The molecule has 3 heteroatoms. The summed E-state index contributed by atoms with van der Waals surface area (Å²) in [6.45, 7) is 5.00. The van der Waals surface area contributed by atoms with Gasteiger partial charge in [0.15, 0.2) is 0 Å². The highest BCUT2D eigenvalue weighted by molar-refractivity contribution is 5.75. The Labute approximate surface area is 101 Å². The van der Waals surface area contributed by atoms with Gasteiger partial charge in [-0.15, -0.1) is 0 Å². The van der Waals surface area contributed by atoms with Crippen molar-refractivity contribution < 1.29 is 4.74 Å². The van der Waals surface area contributed by atoms with Gasteiger partial charge in [0.1, 0.15) is 5.82 Å². The third-order valence-corrected chi connectivity index (χ3v) is 3.63. The summed E-state index contributed by atoms with van der Waals surface area (Å²) in [7, 11) is 0. The van der Waals surface area contributed by atoms with E-state index in [1.165, 1.54) is 18.4 Å². The second kappa shape index (κ2) is 4.49. The lowest BCUT2D eigenvalue weighted by Crippen LogP contribution is -2.20. The van der Waals surface area contributed by atoms with Crippen molar-refractivity contribution >= 4 is 11.0 Å². The number of hydrogen-bond donors (Lipinski definition) is 0. The Morgan fingerprint density at radius 2 is 2.06 bits per heavy atom. The van der Waals surface area contributed by atoms with E-state index in [4.69, 9.17) is 4.74 Å². The molecule has 0 aliphatic carbocycles. The molecule has 2 aromatic rings. The fourth-order valence-corrected chi connectivity index (χ4v) is 2.61. The topological polar surface area (TPSA) is 27.1 Å². The molecule has 0 radical (unpaired) electrons. The molecule has 0 atom stereocenters. The van der Waals surface area contributed by atoms with E-state index < -0.39 is 0 Å². The Hall–Kier alpha value is -1.35. The first-order valence-electron chi connectivity index (χ1n) is 6.34. The molecule has 1 saturated heterocycles. The SMILES string of the molecule is Cc1nc2ccccc2n1CC1CCOCC1. The van der Waals surface area contributed by atoms with E-state index in [0.29, 0.717) is 0 Å². The van der Waals surface area contributed by atoms with Gasteiger partial charge in [0.05, 0.1) is 11.0 Å². The summed E-state index contributed by atoms with van der Waals surface area (Å²) in [6, 6.07) is 8.38. The zero-order valence-corrected chi connectivity index (χ0v) is 10.2. The van der Waals surface area contributed by atoms with Crippen LogP contribution >= 0.6 is 0 Å². The zero-order valence-electron chi connectivity index (χ0n) is 10.2. The number of fused-ring (bicyclic) bond motifs is 1. The number of hydrogen-bond acceptors (Lipinski definition) is 2. The molecule has 0 spiro atoms. The van der Waals surface area contributed by atoms with Gasteiger partial charge in [0, 0.05) is 19.8 Å². The number of aromatic nitrogens is 2. The number of ether oxygens (including phenoxy) is 1. The van der Waals surface area contributed by atoms with E-state index in [1.54, 1.807) is 0 Å². The summed E-state index contributed by atoms with van der Waals surface area (Å²) >= 11 is 0. The van der Waals surface area contributed by atoms with Gasteiger partial charge in [-0.25, -0.2) is 4.98 Å². The normalized spacial score (nSPS) is 17.7. The Bertz CT molecular complexity index is 512. The molecule has 1 aromatic heterocycles. The molecule has 1 aliphatic heterocycles. The van der Waals surface area contributed by atoms with E-state index in [0.717, 1.165) is 37.0 Å². The summed E-state index contributed by atoms with van der Waals surface area (Å²) in [4.78, 5) is 4.61. The Morgan fingerprint density at radius 1 is 1.29 bits per heavy atom. The van der Waals surface area contributed by atoms with Gasteiger partial charge in [-0.3, -0.25) is 0 Å². The fraction of sp³-hybridized carbons (Fsp3) is 0.500. The van der Waals surface area contributed by atoms with E-state index in [-0.39, 0.29) is 0 Å². The zero-order chi connectivity index (χ0) is 11.7. The van der Waals surface area contributed by atoms with E-state index in [2.05, 4.69) is 34.7 Å². The van der Waals surface area contributed by atoms with Crippen molar-refractivity contribution in [3.05, 3.63) is 30.1 Å². The van der Waals surface area contributed by atoms with Crippen molar-refractivity contribution in [3.8, 4) is 0 Å². The fourth-order valence-electron chi connectivity index (χ4n) is 2.61. The summed E-state index contributed by atoms with van der Waals surface area (Å²) in [5, 5.41) is 0. The third kappa shape index (κ3) is 2.07. The molecule has 3 rings (SSSR count). The number of nitrogens with zero attached hydrogens (tertiary/aromatic N) is 2. The van der Waals surface area contributed by atoms with Gasteiger partial charge in [0.25, 0.3) is 0 Å². The minimum absolute atomic E-state index is 0.736. The molecule has 3 nitrogen and oxygen atoms in total. The number of rotatable bonds is 2. The van der Waals surface area contributed by atoms with Gasteiger partial charge in [0.2, 0.25) is 0 Å². The highest BCUT2D eigenvalue weighted by Gasteiger charge is 2.16. The molecular weight excluding hydrogens is 212 g/mol. The van der Waals surface area contributed by atoms with Crippen LogP contribution in [0.15, 0.2) is 24.3 Å². The molecule has 1 aliphatic rings. The van der Waals surface area contributed by atoms with Crippen molar-refractivity contribution in [1.82, 2.24) is 9.55 Å². The number of para-hydroxylation sites is 2. The molecule has 0 amide bonds. The molecule has 2 heterocycles. The minimum Gasteiger partial charge on any atom is -0.381 e. The van der Waals surface area contributed by atoms with Crippen LogP contribution in [-0.2, 0) is 11.3 Å². The Morgan fingerprint density at radius 3 is 2.88 bits per heavy atom. The van der Waals surface area contributed by atoms with E-state index >= 15 is 0 Å². The Balaban J connectivity index is 1.90. The lowest BCUT2D eigenvalue weighted by Gasteiger charge is -2.23. The van der Waals surface area contributed by atoms with Gasteiger partial charge >= 0.3 is 0 Å². The van der Waals surface area contributed by atoms with Crippen LogP contribution in [0.2, 0.25) is 0 Å². The molecule has 1 aromatic carbocycles. The average molecular weight is 230 g/mol.